The second-order valence-electron chi connectivity index (χ2n) is 6.88. The summed E-state index contributed by atoms with van der Waals surface area (Å²) in [5.41, 5.74) is 2.85. The lowest BCUT2D eigenvalue weighted by molar-refractivity contribution is 0.242. The Labute approximate surface area is 131 Å². The van der Waals surface area contributed by atoms with Crippen LogP contribution in [-0.4, -0.2) is 31.1 Å². The molecule has 1 rings (SSSR count). The van der Waals surface area contributed by atoms with Crippen molar-refractivity contribution in [2.75, 3.05) is 20.1 Å². The summed E-state index contributed by atoms with van der Waals surface area (Å²) in [4.78, 5) is 2.41. The van der Waals surface area contributed by atoms with Gasteiger partial charge >= 0.3 is 0 Å². The number of nitrogens with zero attached hydrogens (tertiary/aromatic N) is 1. The van der Waals surface area contributed by atoms with E-state index < -0.39 is 0 Å². The van der Waals surface area contributed by atoms with Crippen molar-refractivity contribution < 1.29 is 0 Å². The van der Waals surface area contributed by atoms with Gasteiger partial charge in [0, 0.05) is 18.6 Å². The molecular formula is C19H34N2. The highest BCUT2D eigenvalue weighted by Gasteiger charge is 2.15. The van der Waals surface area contributed by atoms with Gasteiger partial charge in [-0.1, -0.05) is 45.0 Å². The highest BCUT2D eigenvalue weighted by atomic mass is 15.1. The van der Waals surface area contributed by atoms with Crippen molar-refractivity contribution in [1.82, 2.24) is 10.2 Å². The number of rotatable bonds is 9. The van der Waals surface area contributed by atoms with Gasteiger partial charge in [0.15, 0.2) is 0 Å². The van der Waals surface area contributed by atoms with Crippen molar-refractivity contribution in [3.8, 4) is 0 Å². The van der Waals surface area contributed by atoms with E-state index in [0.29, 0.717) is 12.1 Å². The standard InChI is InChI=1S/C19H34N2/c1-7-12-20-19(14-21(6)16(4)5)18-10-8-17(9-11-18)13-15(2)3/h8-11,15-16,19-20H,7,12-14H2,1-6H3. The molecule has 0 radical (unpaired) electrons. The fourth-order valence-electron chi connectivity index (χ4n) is 2.46. The lowest BCUT2D eigenvalue weighted by atomic mass is 9.99. The summed E-state index contributed by atoms with van der Waals surface area (Å²) in [6.07, 6.45) is 2.34. The van der Waals surface area contributed by atoms with Crippen molar-refractivity contribution in [1.29, 1.82) is 0 Å². The normalized spacial score (nSPS) is 13.4. The number of benzene rings is 1. The first-order chi connectivity index (χ1) is 9.93. The van der Waals surface area contributed by atoms with E-state index in [1.165, 1.54) is 24.0 Å². The van der Waals surface area contributed by atoms with Gasteiger partial charge in [0.2, 0.25) is 0 Å². The molecular weight excluding hydrogens is 256 g/mol. The molecule has 2 nitrogen and oxygen atoms in total. The maximum atomic E-state index is 3.69. The highest BCUT2D eigenvalue weighted by Crippen LogP contribution is 2.17. The maximum absolute atomic E-state index is 3.69. The molecule has 0 heterocycles. The van der Waals surface area contributed by atoms with Crippen LogP contribution in [0.5, 0.6) is 0 Å². The van der Waals surface area contributed by atoms with Crippen molar-refractivity contribution in [2.45, 2.75) is 59.5 Å². The third-order valence-corrected chi connectivity index (χ3v) is 4.02. The largest absolute Gasteiger partial charge is 0.309 e. The van der Waals surface area contributed by atoms with Crippen molar-refractivity contribution in [3.63, 3.8) is 0 Å². The van der Waals surface area contributed by atoms with Gasteiger partial charge < -0.3 is 10.2 Å². The zero-order valence-electron chi connectivity index (χ0n) is 14.8. The van der Waals surface area contributed by atoms with Crippen LogP contribution in [0.2, 0.25) is 0 Å². The van der Waals surface area contributed by atoms with E-state index >= 15 is 0 Å². The summed E-state index contributed by atoms with van der Waals surface area (Å²) in [5.74, 6) is 0.719. The Hall–Kier alpha value is -0.860. The maximum Gasteiger partial charge on any atom is 0.0449 e. The van der Waals surface area contributed by atoms with E-state index in [0.717, 1.165) is 19.0 Å². The number of nitrogens with one attached hydrogen (secondary N) is 1. The number of hydrogen-bond donors (Lipinski definition) is 1. The molecule has 0 fully saturated rings. The van der Waals surface area contributed by atoms with Gasteiger partial charge in [-0.3, -0.25) is 0 Å². The summed E-state index contributed by atoms with van der Waals surface area (Å²) in [5, 5.41) is 3.69. The third-order valence-electron chi connectivity index (χ3n) is 4.02. The van der Waals surface area contributed by atoms with Crippen molar-refractivity contribution >= 4 is 0 Å². The van der Waals surface area contributed by atoms with E-state index in [9.17, 15) is 0 Å². The Bertz CT molecular complexity index is 381. The molecule has 0 aliphatic heterocycles. The lowest BCUT2D eigenvalue weighted by Gasteiger charge is -2.28. The van der Waals surface area contributed by atoms with Gasteiger partial charge in [-0.05, 0) is 57.3 Å². The van der Waals surface area contributed by atoms with E-state index in [2.05, 4.69) is 76.1 Å². The molecule has 0 aliphatic carbocycles. The fraction of sp³-hybridized carbons (Fsp3) is 0.684. The second kappa shape index (κ2) is 9.22. The summed E-state index contributed by atoms with van der Waals surface area (Å²) in [7, 11) is 2.21. The Morgan fingerprint density at radius 2 is 1.67 bits per heavy atom. The van der Waals surface area contributed by atoms with Crippen LogP contribution in [0.1, 0.15) is 58.2 Å². The van der Waals surface area contributed by atoms with Crippen LogP contribution in [0.25, 0.3) is 0 Å². The Morgan fingerprint density at radius 3 is 2.14 bits per heavy atom. The molecule has 21 heavy (non-hydrogen) atoms. The van der Waals surface area contributed by atoms with Gasteiger partial charge in [0.1, 0.15) is 0 Å². The van der Waals surface area contributed by atoms with Gasteiger partial charge in [-0.25, -0.2) is 0 Å². The van der Waals surface area contributed by atoms with Crippen LogP contribution in [0.15, 0.2) is 24.3 Å². The molecule has 0 saturated heterocycles. The molecule has 0 aliphatic rings. The lowest BCUT2D eigenvalue weighted by Crippen LogP contribution is -2.36. The first kappa shape index (κ1) is 18.2. The Balaban J connectivity index is 2.77. The molecule has 2 heteroatoms. The van der Waals surface area contributed by atoms with Crippen molar-refractivity contribution in [2.24, 2.45) is 5.92 Å². The number of hydrogen-bond acceptors (Lipinski definition) is 2. The molecule has 120 valence electrons. The summed E-state index contributed by atoms with van der Waals surface area (Å²) in [6.45, 7) is 13.4. The molecule has 1 N–H and O–H groups in total. The second-order valence-corrected chi connectivity index (χ2v) is 6.88. The van der Waals surface area contributed by atoms with Crippen LogP contribution in [0.3, 0.4) is 0 Å². The quantitative estimate of drug-likeness (QED) is 0.731. The minimum Gasteiger partial charge on any atom is -0.309 e. The average molecular weight is 290 g/mol. The van der Waals surface area contributed by atoms with Crippen molar-refractivity contribution in [3.05, 3.63) is 35.4 Å². The van der Waals surface area contributed by atoms with Crippen LogP contribution < -0.4 is 5.32 Å². The molecule has 1 aromatic rings. The molecule has 0 spiro atoms. The van der Waals surface area contributed by atoms with E-state index in [-0.39, 0.29) is 0 Å². The predicted molar refractivity (Wildman–Crippen MR) is 93.8 cm³/mol. The zero-order chi connectivity index (χ0) is 15.8. The summed E-state index contributed by atoms with van der Waals surface area (Å²) < 4.78 is 0. The molecule has 0 bridgehead atoms. The summed E-state index contributed by atoms with van der Waals surface area (Å²) >= 11 is 0. The van der Waals surface area contributed by atoms with Gasteiger partial charge in [-0.2, -0.15) is 0 Å². The van der Waals surface area contributed by atoms with Gasteiger partial charge in [-0.15, -0.1) is 0 Å². The monoisotopic (exact) mass is 290 g/mol. The van der Waals surface area contributed by atoms with Crippen LogP contribution in [0.4, 0.5) is 0 Å². The van der Waals surface area contributed by atoms with Gasteiger partial charge in [0.25, 0.3) is 0 Å². The van der Waals surface area contributed by atoms with Gasteiger partial charge in [0.05, 0.1) is 0 Å². The first-order valence-electron chi connectivity index (χ1n) is 8.46. The Morgan fingerprint density at radius 1 is 1.05 bits per heavy atom. The minimum absolute atomic E-state index is 0.422. The molecule has 1 aromatic carbocycles. The van der Waals surface area contributed by atoms with Crippen LogP contribution >= 0.6 is 0 Å². The first-order valence-corrected chi connectivity index (χ1v) is 8.46. The fourth-order valence-corrected chi connectivity index (χ4v) is 2.46. The molecule has 1 unspecified atom stereocenters. The molecule has 1 atom stereocenters. The smallest absolute Gasteiger partial charge is 0.0449 e. The van der Waals surface area contributed by atoms with E-state index in [1.807, 2.05) is 0 Å². The highest BCUT2D eigenvalue weighted by molar-refractivity contribution is 5.25. The van der Waals surface area contributed by atoms with Crippen LogP contribution in [0, 0.1) is 5.92 Å². The third kappa shape index (κ3) is 6.62. The minimum atomic E-state index is 0.422. The van der Waals surface area contributed by atoms with E-state index in [1.54, 1.807) is 0 Å². The number of likely N-dealkylation sites (N-methyl/N-ethyl adjacent to an activating group) is 1. The predicted octanol–water partition coefficient (Wildman–Crippen LogP) is 4.27. The molecule has 0 aromatic heterocycles. The Kier molecular flexibility index (Phi) is 7.98. The molecule has 0 saturated carbocycles. The van der Waals surface area contributed by atoms with E-state index in [4.69, 9.17) is 0 Å². The zero-order valence-corrected chi connectivity index (χ0v) is 14.8. The molecule has 0 amide bonds. The average Bonchev–Trinajstić information content (AvgIpc) is 2.43. The summed E-state index contributed by atoms with van der Waals surface area (Å²) in [6, 6.07) is 10.2. The SMILES string of the molecule is CCCNC(CN(C)C(C)C)c1ccc(CC(C)C)cc1. The van der Waals surface area contributed by atoms with Crippen LogP contribution in [-0.2, 0) is 6.42 Å². The topological polar surface area (TPSA) is 15.3 Å².